The van der Waals surface area contributed by atoms with Crippen molar-refractivity contribution in [2.45, 2.75) is 65.7 Å². The van der Waals surface area contributed by atoms with Gasteiger partial charge in [0.05, 0.1) is 6.61 Å². The molecular formula is C20H32O. The monoisotopic (exact) mass is 288 g/mol. The van der Waals surface area contributed by atoms with Crippen LogP contribution >= 0.6 is 0 Å². The first kappa shape index (κ1) is 15.3. The number of hydrogen-bond acceptors (Lipinski definition) is 1. The zero-order valence-electron chi connectivity index (χ0n) is 14.1. The van der Waals surface area contributed by atoms with Gasteiger partial charge in [-0.05, 0) is 67.6 Å². The number of rotatable bonds is 2. The van der Waals surface area contributed by atoms with E-state index >= 15 is 0 Å². The van der Waals surface area contributed by atoms with Crippen molar-refractivity contribution >= 4 is 0 Å². The highest BCUT2D eigenvalue weighted by Gasteiger charge is 2.53. The third kappa shape index (κ3) is 2.23. The predicted molar refractivity (Wildman–Crippen MR) is 89.0 cm³/mol. The summed E-state index contributed by atoms with van der Waals surface area (Å²) >= 11 is 0. The first-order valence-electron chi connectivity index (χ1n) is 8.82. The van der Waals surface area contributed by atoms with Gasteiger partial charge in [0, 0.05) is 5.41 Å². The molecule has 1 N–H and O–H groups in total. The van der Waals surface area contributed by atoms with E-state index in [1.165, 1.54) is 44.9 Å². The van der Waals surface area contributed by atoms with Gasteiger partial charge < -0.3 is 5.11 Å². The normalized spacial score (nSPS) is 49.8. The van der Waals surface area contributed by atoms with Crippen LogP contribution in [0.3, 0.4) is 0 Å². The van der Waals surface area contributed by atoms with Gasteiger partial charge in [0.1, 0.15) is 0 Å². The molecule has 0 spiro atoms. The summed E-state index contributed by atoms with van der Waals surface area (Å²) in [5.41, 5.74) is 2.43. The molecule has 2 saturated carbocycles. The number of hydrogen-bond donors (Lipinski definition) is 1. The molecule has 21 heavy (non-hydrogen) atoms. The second-order valence-electron chi connectivity index (χ2n) is 8.80. The van der Waals surface area contributed by atoms with Crippen molar-refractivity contribution in [1.29, 1.82) is 0 Å². The highest BCUT2D eigenvalue weighted by Crippen LogP contribution is 2.62. The third-order valence-electron chi connectivity index (χ3n) is 7.55. The summed E-state index contributed by atoms with van der Waals surface area (Å²) in [6.45, 7) is 11.6. The van der Waals surface area contributed by atoms with Crippen molar-refractivity contribution in [1.82, 2.24) is 0 Å². The van der Waals surface area contributed by atoms with Gasteiger partial charge >= 0.3 is 0 Å². The maximum Gasteiger partial charge on any atom is 0.0522 e. The fourth-order valence-corrected chi connectivity index (χ4v) is 5.46. The highest BCUT2D eigenvalue weighted by molar-refractivity contribution is 5.28. The van der Waals surface area contributed by atoms with Gasteiger partial charge in [0.25, 0.3) is 0 Å². The topological polar surface area (TPSA) is 20.2 Å². The lowest BCUT2D eigenvalue weighted by molar-refractivity contribution is 0.0882. The molecule has 0 amide bonds. The molecule has 0 aliphatic heterocycles. The molecular weight excluding hydrogens is 256 g/mol. The number of allylic oxidation sites excluding steroid dienone is 2. The van der Waals surface area contributed by atoms with Crippen LogP contribution in [0.25, 0.3) is 0 Å². The van der Waals surface area contributed by atoms with Gasteiger partial charge in [-0.2, -0.15) is 0 Å². The molecule has 1 heteroatoms. The smallest absolute Gasteiger partial charge is 0.0522 e. The van der Waals surface area contributed by atoms with E-state index < -0.39 is 0 Å². The molecule has 5 atom stereocenters. The Balaban J connectivity index is 1.92. The van der Waals surface area contributed by atoms with Crippen LogP contribution in [0.1, 0.15) is 65.7 Å². The average Bonchev–Trinajstić information content (AvgIpc) is 2.77. The summed E-state index contributed by atoms with van der Waals surface area (Å²) in [7, 11) is 0. The number of aliphatic hydroxyl groups is 1. The SMILES string of the molecule is C=C[C@]1(C)CC[C@@H]2CC=C3[C@H](CC[C@@]3(C)CO)[C@@]2(C)CC1. The Morgan fingerprint density at radius 2 is 1.95 bits per heavy atom. The lowest BCUT2D eigenvalue weighted by atomic mass is 9.58. The van der Waals surface area contributed by atoms with Crippen LogP contribution in [0.2, 0.25) is 0 Å². The maximum absolute atomic E-state index is 9.87. The van der Waals surface area contributed by atoms with Crippen molar-refractivity contribution in [2.75, 3.05) is 6.61 Å². The second kappa shape index (κ2) is 4.98. The molecule has 0 aromatic carbocycles. The zero-order valence-corrected chi connectivity index (χ0v) is 14.1. The highest BCUT2D eigenvalue weighted by atomic mass is 16.3. The van der Waals surface area contributed by atoms with Crippen LogP contribution in [0.4, 0.5) is 0 Å². The molecule has 118 valence electrons. The Hall–Kier alpha value is -0.560. The molecule has 3 rings (SSSR count). The van der Waals surface area contributed by atoms with E-state index in [0.29, 0.717) is 23.4 Å². The van der Waals surface area contributed by atoms with E-state index in [2.05, 4.69) is 39.5 Å². The van der Waals surface area contributed by atoms with E-state index in [0.717, 1.165) is 5.92 Å². The van der Waals surface area contributed by atoms with E-state index in [1.807, 2.05) is 0 Å². The lowest BCUT2D eigenvalue weighted by Crippen LogP contribution is -2.39. The predicted octanol–water partition coefficient (Wildman–Crippen LogP) is 5.11. The van der Waals surface area contributed by atoms with Crippen molar-refractivity contribution in [3.05, 3.63) is 24.3 Å². The Kier molecular flexibility index (Phi) is 3.64. The maximum atomic E-state index is 9.87. The van der Waals surface area contributed by atoms with E-state index in [-0.39, 0.29) is 5.41 Å². The summed E-state index contributed by atoms with van der Waals surface area (Å²) in [4.78, 5) is 0. The van der Waals surface area contributed by atoms with Gasteiger partial charge in [0.2, 0.25) is 0 Å². The van der Waals surface area contributed by atoms with E-state index in [1.54, 1.807) is 5.57 Å². The minimum atomic E-state index is 0.0622. The van der Waals surface area contributed by atoms with Crippen LogP contribution in [0.5, 0.6) is 0 Å². The molecule has 0 aromatic heterocycles. The summed E-state index contributed by atoms with van der Waals surface area (Å²) in [5.74, 6) is 1.54. The third-order valence-corrected chi connectivity index (χ3v) is 7.55. The van der Waals surface area contributed by atoms with Crippen LogP contribution in [-0.4, -0.2) is 11.7 Å². The van der Waals surface area contributed by atoms with Crippen molar-refractivity contribution in [3.8, 4) is 0 Å². The molecule has 0 radical (unpaired) electrons. The summed E-state index contributed by atoms with van der Waals surface area (Å²) in [5, 5.41) is 9.87. The minimum Gasteiger partial charge on any atom is -0.395 e. The fourth-order valence-electron chi connectivity index (χ4n) is 5.46. The Morgan fingerprint density at radius 1 is 1.19 bits per heavy atom. The van der Waals surface area contributed by atoms with Crippen molar-refractivity contribution < 1.29 is 5.11 Å². The van der Waals surface area contributed by atoms with Crippen LogP contribution < -0.4 is 0 Å². The first-order chi connectivity index (χ1) is 9.87. The van der Waals surface area contributed by atoms with Gasteiger partial charge in [-0.25, -0.2) is 0 Å². The Bertz CT molecular complexity index is 464. The van der Waals surface area contributed by atoms with Gasteiger partial charge in [0.15, 0.2) is 0 Å². The van der Waals surface area contributed by atoms with Gasteiger partial charge in [-0.1, -0.05) is 38.5 Å². The first-order valence-corrected chi connectivity index (χ1v) is 8.82. The molecule has 0 heterocycles. The molecule has 0 aromatic rings. The standard InChI is InChI=1S/C20H32O/c1-5-18(2)10-8-15-6-7-16-17(20(15,4)13-12-18)9-11-19(16,3)14-21/h5,7,15,17,21H,1,6,8-14H2,2-4H3/t15-,17-,18+,19-,20-/m0/s1. The number of aliphatic hydroxyl groups excluding tert-OH is 1. The Labute approximate surface area is 130 Å². The van der Waals surface area contributed by atoms with E-state index in [9.17, 15) is 5.11 Å². The molecule has 2 fully saturated rings. The van der Waals surface area contributed by atoms with Crippen molar-refractivity contribution in [3.63, 3.8) is 0 Å². The summed E-state index contributed by atoms with van der Waals surface area (Å²) in [6.07, 6.45) is 13.6. The average molecular weight is 288 g/mol. The summed E-state index contributed by atoms with van der Waals surface area (Å²) < 4.78 is 0. The minimum absolute atomic E-state index is 0.0622. The molecule has 0 bridgehead atoms. The second-order valence-corrected chi connectivity index (χ2v) is 8.80. The molecule has 3 aliphatic carbocycles. The quantitative estimate of drug-likeness (QED) is 0.700. The fraction of sp³-hybridized carbons (Fsp3) is 0.800. The van der Waals surface area contributed by atoms with Crippen molar-refractivity contribution in [2.24, 2.45) is 28.1 Å². The largest absolute Gasteiger partial charge is 0.395 e. The zero-order chi connectivity index (χ0) is 15.3. The molecule has 1 nitrogen and oxygen atoms in total. The van der Waals surface area contributed by atoms with Gasteiger partial charge in [-0.3, -0.25) is 0 Å². The molecule has 0 unspecified atom stereocenters. The van der Waals surface area contributed by atoms with Gasteiger partial charge in [-0.15, -0.1) is 6.58 Å². The van der Waals surface area contributed by atoms with E-state index in [4.69, 9.17) is 0 Å². The number of fused-ring (bicyclic) bond motifs is 3. The summed E-state index contributed by atoms with van der Waals surface area (Å²) in [6, 6.07) is 0. The molecule has 3 aliphatic rings. The Morgan fingerprint density at radius 3 is 2.62 bits per heavy atom. The van der Waals surface area contributed by atoms with Crippen LogP contribution in [-0.2, 0) is 0 Å². The lowest BCUT2D eigenvalue weighted by Gasteiger charge is -2.47. The van der Waals surface area contributed by atoms with Crippen LogP contribution in [0.15, 0.2) is 24.3 Å². The van der Waals surface area contributed by atoms with Crippen LogP contribution in [0, 0.1) is 28.1 Å². The molecule has 0 saturated heterocycles.